The number of ether oxygens (including phenoxy) is 1. The molecule has 2 aromatic rings. The summed E-state index contributed by atoms with van der Waals surface area (Å²) in [6.07, 6.45) is 1.53. The van der Waals surface area contributed by atoms with Crippen LogP contribution in [0.25, 0.3) is 0 Å². The maximum absolute atomic E-state index is 11.1. The standard InChI is InChI=1S/C16H17NO2/c1-11(2)13-4-7-15(8-5-13)19-16-9-6-14(10-17-16)12(3)18/h4-11H,1-3H3. The number of hydrogen-bond donors (Lipinski definition) is 0. The van der Waals surface area contributed by atoms with Crippen molar-refractivity contribution in [3.8, 4) is 11.6 Å². The van der Waals surface area contributed by atoms with Gasteiger partial charge in [0.15, 0.2) is 5.78 Å². The van der Waals surface area contributed by atoms with E-state index in [1.54, 1.807) is 12.1 Å². The van der Waals surface area contributed by atoms with Crippen molar-refractivity contribution in [2.24, 2.45) is 0 Å². The minimum absolute atomic E-state index is 0.000311. The molecule has 0 radical (unpaired) electrons. The molecule has 19 heavy (non-hydrogen) atoms. The Morgan fingerprint density at radius 2 is 1.79 bits per heavy atom. The Balaban J connectivity index is 2.10. The van der Waals surface area contributed by atoms with Crippen LogP contribution in [-0.2, 0) is 0 Å². The van der Waals surface area contributed by atoms with Crippen molar-refractivity contribution in [3.63, 3.8) is 0 Å². The normalized spacial score (nSPS) is 10.5. The van der Waals surface area contributed by atoms with Gasteiger partial charge in [0.1, 0.15) is 5.75 Å². The molecule has 1 heterocycles. The third-order valence-electron chi connectivity index (χ3n) is 2.91. The predicted octanol–water partition coefficient (Wildman–Crippen LogP) is 4.20. The smallest absolute Gasteiger partial charge is 0.219 e. The van der Waals surface area contributed by atoms with Gasteiger partial charge in [-0.1, -0.05) is 26.0 Å². The molecule has 0 aliphatic heterocycles. The van der Waals surface area contributed by atoms with Crippen molar-refractivity contribution < 1.29 is 9.53 Å². The van der Waals surface area contributed by atoms with Crippen LogP contribution in [0.15, 0.2) is 42.6 Å². The SMILES string of the molecule is CC(=O)c1ccc(Oc2ccc(C(C)C)cc2)nc1. The van der Waals surface area contributed by atoms with Crippen LogP contribution >= 0.6 is 0 Å². The first-order valence-corrected chi connectivity index (χ1v) is 6.31. The molecular weight excluding hydrogens is 238 g/mol. The summed E-state index contributed by atoms with van der Waals surface area (Å²) < 4.78 is 5.63. The van der Waals surface area contributed by atoms with E-state index in [1.807, 2.05) is 24.3 Å². The second kappa shape index (κ2) is 5.65. The van der Waals surface area contributed by atoms with Gasteiger partial charge in [-0.15, -0.1) is 0 Å². The zero-order valence-corrected chi connectivity index (χ0v) is 11.4. The summed E-state index contributed by atoms with van der Waals surface area (Å²) in [6.45, 7) is 5.82. The molecule has 0 unspecified atom stereocenters. The number of ketones is 1. The fraction of sp³-hybridized carbons (Fsp3) is 0.250. The van der Waals surface area contributed by atoms with Gasteiger partial charge in [-0.2, -0.15) is 0 Å². The predicted molar refractivity (Wildman–Crippen MR) is 74.8 cm³/mol. The maximum atomic E-state index is 11.1. The monoisotopic (exact) mass is 255 g/mol. The summed E-state index contributed by atoms with van der Waals surface area (Å²) in [5, 5.41) is 0. The lowest BCUT2D eigenvalue weighted by Gasteiger charge is -2.08. The molecule has 1 aromatic carbocycles. The Kier molecular flexibility index (Phi) is 3.95. The van der Waals surface area contributed by atoms with E-state index in [-0.39, 0.29) is 5.78 Å². The van der Waals surface area contributed by atoms with Crippen LogP contribution in [0.5, 0.6) is 11.6 Å². The minimum Gasteiger partial charge on any atom is -0.439 e. The van der Waals surface area contributed by atoms with Crippen molar-refractivity contribution >= 4 is 5.78 Å². The fourth-order valence-corrected chi connectivity index (χ4v) is 1.69. The van der Waals surface area contributed by atoms with E-state index >= 15 is 0 Å². The molecule has 0 atom stereocenters. The van der Waals surface area contributed by atoms with Gasteiger partial charge in [0, 0.05) is 17.8 Å². The van der Waals surface area contributed by atoms with Gasteiger partial charge in [0.05, 0.1) is 0 Å². The van der Waals surface area contributed by atoms with E-state index in [0.717, 1.165) is 5.75 Å². The quantitative estimate of drug-likeness (QED) is 0.768. The van der Waals surface area contributed by atoms with Crippen molar-refractivity contribution in [1.29, 1.82) is 0 Å². The van der Waals surface area contributed by atoms with Gasteiger partial charge >= 0.3 is 0 Å². The van der Waals surface area contributed by atoms with Gasteiger partial charge in [-0.25, -0.2) is 4.98 Å². The highest BCUT2D eigenvalue weighted by Crippen LogP contribution is 2.22. The summed E-state index contributed by atoms with van der Waals surface area (Å²) >= 11 is 0. The molecule has 0 saturated heterocycles. The number of Topliss-reactive ketones (excluding diaryl/α,β-unsaturated/α-hetero) is 1. The highest BCUT2D eigenvalue weighted by Gasteiger charge is 2.03. The zero-order valence-electron chi connectivity index (χ0n) is 11.4. The lowest BCUT2D eigenvalue weighted by Crippen LogP contribution is -1.94. The zero-order chi connectivity index (χ0) is 13.8. The van der Waals surface area contributed by atoms with Gasteiger partial charge in [0.2, 0.25) is 5.88 Å². The van der Waals surface area contributed by atoms with Crippen molar-refractivity contribution in [3.05, 3.63) is 53.7 Å². The largest absolute Gasteiger partial charge is 0.439 e. The molecule has 0 aliphatic carbocycles. The molecule has 3 nitrogen and oxygen atoms in total. The van der Waals surface area contributed by atoms with Crippen LogP contribution in [0, 0.1) is 0 Å². The third kappa shape index (κ3) is 3.41. The van der Waals surface area contributed by atoms with Crippen molar-refractivity contribution in [1.82, 2.24) is 4.98 Å². The lowest BCUT2D eigenvalue weighted by molar-refractivity contribution is 0.101. The van der Waals surface area contributed by atoms with E-state index in [4.69, 9.17) is 4.74 Å². The number of aromatic nitrogens is 1. The highest BCUT2D eigenvalue weighted by molar-refractivity contribution is 5.93. The van der Waals surface area contributed by atoms with Crippen LogP contribution < -0.4 is 4.74 Å². The average Bonchev–Trinajstić information content (AvgIpc) is 2.40. The molecule has 0 N–H and O–H groups in total. The summed E-state index contributed by atoms with van der Waals surface area (Å²) in [7, 11) is 0. The van der Waals surface area contributed by atoms with E-state index < -0.39 is 0 Å². The first-order chi connectivity index (χ1) is 9.06. The van der Waals surface area contributed by atoms with Gasteiger partial charge in [-0.05, 0) is 36.6 Å². The van der Waals surface area contributed by atoms with Gasteiger partial charge in [-0.3, -0.25) is 4.79 Å². The molecule has 0 aliphatic rings. The summed E-state index contributed by atoms with van der Waals surface area (Å²) in [4.78, 5) is 15.2. The number of nitrogens with zero attached hydrogens (tertiary/aromatic N) is 1. The second-order valence-corrected chi connectivity index (χ2v) is 4.77. The Labute approximate surface area is 113 Å². The van der Waals surface area contributed by atoms with E-state index in [0.29, 0.717) is 17.4 Å². The second-order valence-electron chi connectivity index (χ2n) is 4.77. The molecular formula is C16H17NO2. The van der Waals surface area contributed by atoms with Crippen molar-refractivity contribution in [2.75, 3.05) is 0 Å². The van der Waals surface area contributed by atoms with Gasteiger partial charge < -0.3 is 4.74 Å². The van der Waals surface area contributed by atoms with Crippen LogP contribution in [0.4, 0.5) is 0 Å². The van der Waals surface area contributed by atoms with Gasteiger partial charge in [0.25, 0.3) is 0 Å². The minimum atomic E-state index is 0.000311. The topological polar surface area (TPSA) is 39.2 Å². The molecule has 3 heteroatoms. The Morgan fingerprint density at radius 1 is 1.11 bits per heavy atom. The van der Waals surface area contributed by atoms with Crippen LogP contribution in [0.3, 0.4) is 0 Å². The van der Waals surface area contributed by atoms with Crippen molar-refractivity contribution in [2.45, 2.75) is 26.7 Å². The average molecular weight is 255 g/mol. The fourth-order valence-electron chi connectivity index (χ4n) is 1.69. The Hall–Kier alpha value is -2.16. The first kappa shape index (κ1) is 13.3. The van der Waals surface area contributed by atoms with E-state index in [2.05, 4.69) is 18.8 Å². The molecule has 0 fully saturated rings. The van der Waals surface area contributed by atoms with Crippen LogP contribution in [0.2, 0.25) is 0 Å². The Morgan fingerprint density at radius 3 is 2.26 bits per heavy atom. The first-order valence-electron chi connectivity index (χ1n) is 6.31. The van der Waals surface area contributed by atoms with Crippen LogP contribution in [-0.4, -0.2) is 10.8 Å². The number of carbonyl (C=O) groups excluding carboxylic acids is 1. The molecule has 0 spiro atoms. The van der Waals surface area contributed by atoms with E-state index in [9.17, 15) is 4.79 Å². The summed E-state index contributed by atoms with van der Waals surface area (Å²) in [6, 6.07) is 11.4. The Bertz CT molecular complexity index is 556. The summed E-state index contributed by atoms with van der Waals surface area (Å²) in [5.74, 6) is 1.73. The number of carbonyl (C=O) groups is 1. The number of rotatable bonds is 4. The maximum Gasteiger partial charge on any atom is 0.219 e. The van der Waals surface area contributed by atoms with E-state index in [1.165, 1.54) is 18.7 Å². The van der Waals surface area contributed by atoms with Crippen LogP contribution in [0.1, 0.15) is 42.6 Å². The molecule has 2 rings (SSSR count). The number of pyridine rings is 1. The molecule has 0 amide bonds. The molecule has 0 bridgehead atoms. The summed E-state index contributed by atoms with van der Waals surface area (Å²) in [5.41, 5.74) is 1.86. The molecule has 0 saturated carbocycles. The number of benzene rings is 1. The third-order valence-corrected chi connectivity index (χ3v) is 2.91. The number of hydrogen-bond acceptors (Lipinski definition) is 3. The molecule has 98 valence electrons. The lowest BCUT2D eigenvalue weighted by atomic mass is 10.0. The highest BCUT2D eigenvalue weighted by atomic mass is 16.5. The molecule has 1 aromatic heterocycles.